The predicted molar refractivity (Wildman–Crippen MR) is 134 cm³/mol. The Morgan fingerprint density at radius 2 is 1.47 bits per heavy atom. The molecule has 2 aromatic carbocycles. The highest BCUT2D eigenvalue weighted by atomic mass is 32.2. The number of hydrogen-bond donors (Lipinski definition) is 0. The minimum absolute atomic E-state index is 0.0695. The Balaban J connectivity index is 1.67. The number of carbonyl (C=O) groups is 1. The van der Waals surface area contributed by atoms with E-state index in [1.54, 1.807) is 6.08 Å². The quantitative estimate of drug-likeness (QED) is 0.131. The van der Waals surface area contributed by atoms with Crippen molar-refractivity contribution in [2.75, 3.05) is 5.75 Å². The monoisotopic (exact) mass is 422 g/mol. The first-order chi connectivity index (χ1) is 14.6. The van der Waals surface area contributed by atoms with Gasteiger partial charge in [-0.15, -0.1) is 11.8 Å². The van der Waals surface area contributed by atoms with Crippen LogP contribution in [-0.4, -0.2) is 11.5 Å². The molecule has 0 fully saturated rings. The number of aryl methyl sites for hydroxylation is 1. The molecule has 1 nitrogen and oxygen atoms in total. The first-order valence-electron chi connectivity index (χ1n) is 11.6. The van der Waals surface area contributed by atoms with Gasteiger partial charge in [0.15, 0.2) is 5.78 Å². The molecular formula is C28H38OS. The normalized spacial score (nSPS) is 11.3. The van der Waals surface area contributed by atoms with Gasteiger partial charge in [0, 0.05) is 10.5 Å². The smallest absolute Gasteiger partial charge is 0.186 e. The molecule has 0 radical (unpaired) electrons. The summed E-state index contributed by atoms with van der Waals surface area (Å²) in [5.74, 6) is 1.26. The van der Waals surface area contributed by atoms with Crippen LogP contribution in [0.25, 0.3) is 6.08 Å². The molecule has 2 aromatic rings. The molecule has 0 unspecified atom stereocenters. The molecule has 0 aliphatic carbocycles. The van der Waals surface area contributed by atoms with Crippen molar-refractivity contribution in [3.05, 3.63) is 70.8 Å². The SMILES string of the molecule is CCCCCCCCCCCSc1ccc(/C=C/C(=O)c2cccc(C)c2C)cc1. The Bertz CT molecular complexity index is 789. The number of allylic oxidation sites excluding steroid dienone is 1. The number of benzene rings is 2. The van der Waals surface area contributed by atoms with E-state index >= 15 is 0 Å². The lowest BCUT2D eigenvalue weighted by Gasteiger charge is -2.05. The van der Waals surface area contributed by atoms with E-state index in [0.29, 0.717) is 0 Å². The van der Waals surface area contributed by atoms with Crippen LogP contribution < -0.4 is 0 Å². The minimum atomic E-state index is 0.0695. The van der Waals surface area contributed by atoms with Crippen LogP contribution in [-0.2, 0) is 0 Å². The Labute approximate surface area is 188 Å². The summed E-state index contributed by atoms with van der Waals surface area (Å²) < 4.78 is 0. The number of unbranched alkanes of at least 4 members (excludes halogenated alkanes) is 8. The maximum Gasteiger partial charge on any atom is 0.186 e. The van der Waals surface area contributed by atoms with Gasteiger partial charge in [0.25, 0.3) is 0 Å². The zero-order valence-corrected chi connectivity index (χ0v) is 19.9. The summed E-state index contributed by atoms with van der Waals surface area (Å²) in [6, 6.07) is 14.4. The highest BCUT2D eigenvalue weighted by molar-refractivity contribution is 7.99. The predicted octanol–water partition coefficient (Wildman–Crippen LogP) is 8.82. The van der Waals surface area contributed by atoms with E-state index in [2.05, 4.69) is 31.2 Å². The zero-order chi connectivity index (χ0) is 21.6. The Kier molecular flexibility index (Phi) is 11.6. The van der Waals surface area contributed by atoms with Gasteiger partial charge in [0.2, 0.25) is 0 Å². The van der Waals surface area contributed by atoms with Crippen LogP contribution in [0.15, 0.2) is 53.4 Å². The molecule has 0 spiro atoms. The van der Waals surface area contributed by atoms with Gasteiger partial charge in [0.05, 0.1) is 0 Å². The minimum Gasteiger partial charge on any atom is -0.289 e. The van der Waals surface area contributed by atoms with Gasteiger partial charge in [-0.1, -0.05) is 94.7 Å². The topological polar surface area (TPSA) is 17.1 Å². The molecule has 2 rings (SSSR count). The van der Waals surface area contributed by atoms with Crippen LogP contribution in [0, 0.1) is 13.8 Å². The molecule has 0 heterocycles. The van der Waals surface area contributed by atoms with Crippen molar-refractivity contribution in [1.82, 2.24) is 0 Å². The van der Waals surface area contributed by atoms with Gasteiger partial charge in [-0.25, -0.2) is 0 Å². The molecule has 2 heteroatoms. The summed E-state index contributed by atoms with van der Waals surface area (Å²) in [7, 11) is 0. The molecule has 0 saturated carbocycles. The average Bonchev–Trinajstić information content (AvgIpc) is 2.76. The van der Waals surface area contributed by atoms with Crippen LogP contribution >= 0.6 is 11.8 Å². The average molecular weight is 423 g/mol. The molecule has 30 heavy (non-hydrogen) atoms. The maximum atomic E-state index is 12.5. The number of carbonyl (C=O) groups excluding carboxylic acids is 1. The highest BCUT2D eigenvalue weighted by Crippen LogP contribution is 2.21. The van der Waals surface area contributed by atoms with Crippen LogP contribution in [0.4, 0.5) is 0 Å². The largest absolute Gasteiger partial charge is 0.289 e. The number of hydrogen-bond acceptors (Lipinski definition) is 2. The van der Waals surface area contributed by atoms with Gasteiger partial charge in [-0.2, -0.15) is 0 Å². The zero-order valence-electron chi connectivity index (χ0n) is 19.1. The lowest BCUT2D eigenvalue weighted by molar-refractivity contribution is 0.104. The number of thioether (sulfide) groups is 1. The molecule has 0 saturated heterocycles. The van der Waals surface area contributed by atoms with Crippen LogP contribution in [0.5, 0.6) is 0 Å². The summed E-state index contributed by atoms with van der Waals surface area (Å²) in [6.45, 7) is 6.33. The summed E-state index contributed by atoms with van der Waals surface area (Å²) in [5, 5.41) is 0. The van der Waals surface area contributed by atoms with Gasteiger partial charge in [0.1, 0.15) is 0 Å². The van der Waals surface area contributed by atoms with Crippen molar-refractivity contribution < 1.29 is 4.79 Å². The van der Waals surface area contributed by atoms with Crippen LogP contribution in [0.2, 0.25) is 0 Å². The molecule has 0 atom stereocenters. The van der Waals surface area contributed by atoms with Crippen LogP contribution in [0.3, 0.4) is 0 Å². The first-order valence-corrected chi connectivity index (χ1v) is 12.6. The van der Waals surface area contributed by atoms with E-state index in [1.165, 1.54) is 68.4 Å². The Hall–Kier alpha value is -1.80. The van der Waals surface area contributed by atoms with Crippen LogP contribution in [0.1, 0.15) is 91.8 Å². The molecular weight excluding hydrogens is 384 g/mol. The maximum absolute atomic E-state index is 12.5. The van der Waals surface area contributed by atoms with E-state index in [-0.39, 0.29) is 5.78 Å². The molecule has 0 bridgehead atoms. The number of rotatable bonds is 14. The van der Waals surface area contributed by atoms with E-state index in [9.17, 15) is 4.79 Å². The standard InChI is InChI=1S/C28H38OS/c1-4-5-6-7-8-9-10-11-12-22-30-26-19-16-25(17-20-26)18-21-28(29)27-15-13-14-23(2)24(27)3/h13-21H,4-12,22H2,1-3H3/b21-18+. The van der Waals surface area contributed by atoms with Gasteiger partial charge >= 0.3 is 0 Å². The third-order valence-electron chi connectivity index (χ3n) is 5.69. The number of ketones is 1. The lowest BCUT2D eigenvalue weighted by atomic mass is 9.99. The second kappa shape index (κ2) is 14.2. The van der Waals surface area contributed by atoms with Crippen molar-refractivity contribution in [1.29, 1.82) is 0 Å². The molecule has 0 aliphatic heterocycles. The fraction of sp³-hybridized carbons (Fsp3) is 0.464. The molecule has 0 aromatic heterocycles. The summed E-state index contributed by atoms with van der Waals surface area (Å²) in [4.78, 5) is 13.8. The summed E-state index contributed by atoms with van der Waals surface area (Å²) in [6.07, 6.45) is 16.0. The van der Waals surface area contributed by atoms with Crippen molar-refractivity contribution in [3.8, 4) is 0 Å². The van der Waals surface area contributed by atoms with Crippen molar-refractivity contribution in [3.63, 3.8) is 0 Å². The second-order valence-electron chi connectivity index (χ2n) is 8.19. The van der Waals surface area contributed by atoms with E-state index in [1.807, 2.05) is 49.9 Å². The molecule has 0 amide bonds. The van der Waals surface area contributed by atoms with Crippen molar-refractivity contribution >= 4 is 23.6 Å². The first kappa shape index (κ1) is 24.5. The lowest BCUT2D eigenvalue weighted by Crippen LogP contribution is -1.99. The van der Waals surface area contributed by atoms with E-state index in [0.717, 1.165) is 22.3 Å². The summed E-state index contributed by atoms with van der Waals surface area (Å²) >= 11 is 1.94. The molecule has 0 N–H and O–H groups in total. The fourth-order valence-electron chi connectivity index (χ4n) is 3.56. The highest BCUT2D eigenvalue weighted by Gasteiger charge is 2.06. The fourth-order valence-corrected chi connectivity index (χ4v) is 4.47. The van der Waals surface area contributed by atoms with E-state index < -0.39 is 0 Å². The molecule has 162 valence electrons. The Morgan fingerprint density at radius 3 is 2.13 bits per heavy atom. The second-order valence-corrected chi connectivity index (χ2v) is 9.36. The van der Waals surface area contributed by atoms with Gasteiger partial charge in [-0.3, -0.25) is 4.79 Å². The molecule has 0 aliphatic rings. The van der Waals surface area contributed by atoms with Gasteiger partial charge in [-0.05, 0) is 60.9 Å². The third kappa shape index (κ3) is 8.92. The van der Waals surface area contributed by atoms with Crippen molar-refractivity contribution in [2.45, 2.75) is 83.5 Å². The summed E-state index contributed by atoms with van der Waals surface area (Å²) in [5.41, 5.74) is 4.08. The third-order valence-corrected chi connectivity index (χ3v) is 6.79. The van der Waals surface area contributed by atoms with Crippen molar-refractivity contribution in [2.24, 2.45) is 0 Å². The van der Waals surface area contributed by atoms with E-state index in [4.69, 9.17) is 0 Å². The van der Waals surface area contributed by atoms with Gasteiger partial charge < -0.3 is 0 Å². The Morgan fingerprint density at radius 1 is 0.833 bits per heavy atom.